The van der Waals surface area contributed by atoms with Crippen LogP contribution < -0.4 is 5.73 Å². The number of amides is 1. The third-order valence-corrected chi connectivity index (χ3v) is 7.57. The fourth-order valence-corrected chi connectivity index (χ4v) is 6.53. The number of primary amides is 1. The molecule has 1 atom stereocenters. The van der Waals surface area contributed by atoms with Gasteiger partial charge in [0.05, 0.1) is 5.69 Å². The molecule has 0 radical (unpaired) electrons. The first-order chi connectivity index (χ1) is 14.0. The Balaban J connectivity index is 1.67. The largest absolute Gasteiger partial charge is 0.364 e. The van der Waals surface area contributed by atoms with Crippen molar-refractivity contribution >= 4 is 11.8 Å². The number of rotatable bonds is 6. The Morgan fingerprint density at radius 3 is 2.20 bits per heavy atom. The van der Waals surface area contributed by atoms with Crippen LogP contribution in [0.25, 0.3) is 0 Å². The molecule has 0 spiro atoms. The van der Waals surface area contributed by atoms with E-state index >= 15 is 0 Å². The molecule has 4 aliphatic carbocycles. The zero-order valence-corrected chi connectivity index (χ0v) is 18.7. The molecule has 3 N–H and O–H groups in total. The van der Waals surface area contributed by atoms with E-state index in [0.29, 0.717) is 29.9 Å². The molecular formula is C23H36N4O3. The van der Waals surface area contributed by atoms with Crippen LogP contribution in [0.2, 0.25) is 0 Å². The van der Waals surface area contributed by atoms with Gasteiger partial charge in [0.1, 0.15) is 11.7 Å². The Bertz CT molecular complexity index is 803. The molecule has 7 nitrogen and oxygen atoms in total. The summed E-state index contributed by atoms with van der Waals surface area (Å²) in [4.78, 5) is 25.7. The summed E-state index contributed by atoms with van der Waals surface area (Å²) < 4.78 is 1.15. The molecule has 166 valence electrons. The maximum atomic E-state index is 13.6. The van der Waals surface area contributed by atoms with Crippen LogP contribution in [0, 0.1) is 17.8 Å². The van der Waals surface area contributed by atoms with Crippen LogP contribution >= 0.6 is 0 Å². The number of nitrogens with zero attached hydrogens (tertiary/aromatic N) is 3. The average molecular weight is 417 g/mol. The van der Waals surface area contributed by atoms with Crippen LogP contribution in [0.3, 0.4) is 0 Å². The lowest BCUT2D eigenvalue weighted by molar-refractivity contribution is -0.242. The van der Waals surface area contributed by atoms with E-state index < -0.39 is 11.9 Å². The van der Waals surface area contributed by atoms with Gasteiger partial charge in [0.15, 0.2) is 0 Å². The van der Waals surface area contributed by atoms with Gasteiger partial charge in [-0.05, 0) is 68.8 Å². The second kappa shape index (κ2) is 7.45. The summed E-state index contributed by atoms with van der Waals surface area (Å²) in [6.07, 6.45) is 7.92. The monoisotopic (exact) mass is 416 g/mol. The fourth-order valence-electron chi connectivity index (χ4n) is 6.53. The maximum absolute atomic E-state index is 13.6. The van der Waals surface area contributed by atoms with Crippen LogP contribution in [0.15, 0.2) is 6.07 Å². The molecule has 4 bridgehead atoms. The van der Waals surface area contributed by atoms with Crippen LogP contribution in [0.5, 0.6) is 0 Å². The van der Waals surface area contributed by atoms with Gasteiger partial charge in [0, 0.05) is 11.0 Å². The van der Waals surface area contributed by atoms with E-state index in [0.717, 1.165) is 30.4 Å². The number of hydroxylamine groups is 2. The van der Waals surface area contributed by atoms with Crippen LogP contribution in [-0.2, 0) is 5.41 Å². The molecule has 1 aromatic heterocycles. The van der Waals surface area contributed by atoms with Crippen LogP contribution in [-0.4, -0.2) is 43.4 Å². The van der Waals surface area contributed by atoms with Gasteiger partial charge in [-0.25, -0.2) is 0 Å². The van der Waals surface area contributed by atoms with E-state index in [1.165, 1.54) is 24.3 Å². The molecule has 4 fully saturated rings. The Morgan fingerprint density at radius 2 is 1.77 bits per heavy atom. The van der Waals surface area contributed by atoms with Gasteiger partial charge in [0.25, 0.3) is 11.8 Å². The normalized spacial score (nSPS) is 31.3. The smallest absolute Gasteiger partial charge is 0.267 e. The highest BCUT2D eigenvalue weighted by Crippen LogP contribution is 2.58. The molecule has 7 heteroatoms. The van der Waals surface area contributed by atoms with E-state index in [4.69, 9.17) is 5.73 Å². The summed E-state index contributed by atoms with van der Waals surface area (Å²) in [5.74, 6) is 0.922. The quantitative estimate of drug-likeness (QED) is 0.688. The summed E-state index contributed by atoms with van der Waals surface area (Å²) in [6, 6.07) is 0.882. The van der Waals surface area contributed by atoms with Gasteiger partial charge >= 0.3 is 0 Å². The van der Waals surface area contributed by atoms with Gasteiger partial charge in [-0.2, -0.15) is 14.8 Å². The zero-order valence-electron chi connectivity index (χ0n) is 18.7. The highest BCUT2D eigenvalue weighted by Gasteiger charge is 2.55. The first-order valence-corrected chi connectivity index (χ1v) is 11.5. The predicted octanol–water partition coefficient (Wildman–Crippen LogP) is 3.75. The molecule has 0 aromatic carbocycles. The molecule has 1 aromatic rings. The van der Waals surface area contributed by atoms with Gasteiger partial charge in [0.2, 0.25) is 0 Å². The topological polar surface area (TPSA) is 101 Å². The maximum Gasteiger partial charge on any atom is 0.267 e. The SMILES string of the molecule is CCCC(C(=O)n1nc(C(C)(C)C)cc1C(N)=O)N(O)C12CC3CC(CC(C3)C1)C2. The van der Waals surface area contributed by atoms with Crippen molar-refractivity contribution < 1.29 is 14.8 Å². The second-order valence-electron chi connectivity index (χ2n) is 11.1. The van der Waals surface area contributed by atoms with Gasteiger partial charge < -0.3 is 10.9 Å². The number of nitrogens with two attached hydrogens (primary N) is 1. The van der Waals surface area contributed by atoms with Crippen LogP contribution in [0.4, 0.5) is 0 Å². The third-order valence-electron chi connectivity index (χ3n) is 7.57. The van der Waals surface area contributed by atoms with Crippen molar-refractivity contribution in [1.29, 1.82) is 0 Å². The molecular weight excluding hydrogens is 380 g/mol. The molecule has 1 unspecified atom stereocenters. The van der Waals surface area contributed by atoms with Crippen molar-refractivity contribution in [1.82, 2.24) is 14.8 Å². The summed E-state index contributed by atoms with van der Waals surface area (Å²) in [5.41, 5.74) is 5.66. The van der Waals surface area contributed by atoms with E-state index in [1.54, 1.807) is 6.07 Å². The molecule has 5 rings (SSSR count). The molecule has 4 saturated carbocycles. The Morgan fingerprint density at radius 1 is 1.23 bits per heavy atom. The number of hydrogen-bond donors (Lipinski definition) is 2. The lowest BCUT2D eigenvalue weighted by Gasteiger charge is -2.59. The van der Waals surface area contributed by atoms with E-state index in [2.05, 4.69) is 5.10 Å². The summed E-state index contributed by atoms with van der Waals surface area (Å²) >= 11 is 0. The Labute approximate surface area is 178 Å². The first-order valence-electron chi connectivity index (χ1n) is 11.5. The minimum Gasteiger partial charge on any atom is -0.364 e. The Kier molecular flexibility index (Phi) is 5.34. The summed E-state index contributed by atoms with van der Waals surface area (Å²) in [6.45, 7) is 7.94. The average Bonchev–Trinajstić information content (AvgIpc) is 3.10. The highest BCUT2D eigenvalue weighted by atomic mass is 16.5. The standard InChI is InChI=1S/C23H36N4O3/c1-5-6-17(21(29)26-18(20(24)28)10-19(25-26)22(2,3)4)27(30)23-11-14-7-15(12-23)9-16(8-14)13-23/h10,14-17,30H,5-9,11-13H2,1-4H3,(H2,24,28). The lowest BCUT2D eigenvalue weighted by atomic mass is 9.52. The van der Waals surface area contributed by atoms with Crippen LogP contribution in [0.1, 0.15) is 100 Å². The van der Waals surface area contributed by atoms with E-state index in [-0.39, 0.29) is 22.6 Å². The number of carbonyl (C=O) groups is 2. The van der Waals surface area contributed by atoms with Crippen molar-refractivity contribution in [3.05, 3.63) is 17.5 Å². The van der Waals surface area contributed by atoms with E-state index in [9.17, 15) is 14.8 Å². The molecule has 1 amide bonds. The first kappa shape index (κ1) is 21.5. The number of hydrogen-bond acceptors (Lipinski definition) is 5. The molecule has 30 heavy (non-hydrogen) atoms. The van der Waals surface area contributed by atoms with Gasteiger partial charge in [-0.3, -0.25) is 9.59 Å². The molecule has 4 aliphatic rings. The summed E-state index contributed by atoms with van der Waals surface area (Å²) in [7, 11) is 0. The minimum absolute atomic E-state index is 0.0879. The van der Waals surface area contributed by atoms with Crippen molar-refractivity contribution in [3.8, 4) is 0 Å². The van der Waals surface area contributed by atoms with Gasteiger partial charge in [-0.1, -0.05) is 34.1 Å². The predicted molar refractivity (Wildman–Crippen MR) is 113 cm³/mol. The highest BCUT2D eigenvalue weighted by molar-refractivity contribution is 5.97. The minimum atomic E-state index is -0.725. The molecule has 0 aliphatic heterocycles. The van der Waals surface area contributed by atoms with Gasteiger partial charge in [-0.15, -0.1) is 0 Å². The van der Waals surface area contributed by atoms with Crippen molar-refractivity contribution in [2.75, 3.05) is 0 Å². The molecule has 0 saturated heterocycles. The summed E-state index contributed by atoms with van der Waals surface area (Å²) in [5, 5.41) is 17.3. The fraction of sp³-hybridized carbons (Fsp3) is 0.783. The van der Waals surface area contributed by atoms with E-state index in [1.807, 2.05) is 27.7 Å². The second-order valence-corrected chi connectivity index (χ2v) is 11.1. The molecule has 1 heterocycles. The third kappa shape index (κ3) is 3.60. The van der Waals surface area contributed by atoms with Crippen molar-refractivity contribution in [2.45, 2.75) is 96.1 Å². The number of aromatic nitrogens is 2. The lowest BCUT2D eigenvalue weighted by Crippen LogP contribution is -2.63. The zero-order chi connectivity index (χ0) is 21.8. The Hall–Kier alpha value is -1.73. The van der Waals surface area contributed by atoms with Crippen molar-refractivity contribution in [3.63, 3.8) is 0 Å². The number of carbonyl (C=O) groups excluding carboxylic acids is 2. The van der Waals surface area contributed by atoms with Crippen molar-refractivity contribution in [2.24, 2.45) is 23.5 Å².